The van der Waals surface area contributed by atoms with Crippen molar-refractivity contribution in [2.75, 3.05) is 0 Å². The lowest BCUT2D eigenvalue weighted by atomic mass is 10.4. The number of hydrogen-bond acceptors (Lipinski definition) is 2. The van der Waals surface area contributed by atoms with Crippen molar-refractivity contribution in [2.45, 2.75) is 0 Å². The zero-order valence-electron chi connectivity index (χ0n) is 4.26. The number of thiocarbonyl (C=S) groups is 1. The van der Waals surface area contributed by atoms with Gasteiger partial charge in [-0.05, 0) is 19.1 Å². The van der Waals surface area contributed by atoms with Crippen molar-refractivity contribution in [2.24, 2.45) is 0 Å². The van der Waals surface area contributed by atoms with E-state index in [1.54, 1.807) is 18.4 Å². The van der Waals surface area contributed by atoms with Crippen molar-refractivity contribution in [3.05, 3.63) is 31.1 Å². The predicted octanol–water partition coefficient (Wildman–Crippen LogP) is 1.83. The van der Waals surface area contributed by atoms with Gasteiger partial charge in [-0.1, -0.05) is 12.2 Å². The van der Waals surface area contributed by atoms with Crippen LogP contribution in [0.5, 0.6) is 0 Å². The molecule has 0 atom stereocenters. The average Bonchev–Trinajstić information content (AvgIpc) is 2.12. The second kappa shape index (κ2) is 2.09. The molecule has 0 aliphatic rings. The van der Waals surface area contributed by atoms with Gasteiger partial charge in [-0.15, -0.1) is 0 Å². The lowest BCUT2D eigenvalue weighted by Crippen LogP contribution is -1.83. The van der Waals surface area contributed by atoms with Gasteiger partial charge in [0.2, 0.25) is 0 Å². The largest absolute Gasteiger partial charge is 0.464 e. The lowest BCUT2D eigenvalue weighted by Gasteiger charge is -1.83. The van der Waals surface area contributed by atoms with Crippen LogP contribution in [0.4, 0.5) is 0 Å². The van der Waals surface area contributed by atoms with Crippen LogP contribution in [-0.4, -0.2) is 4.86 Å². The Bertz CT molecular complexity index is 176. The first-order valence-corrected chi connectivity index (χ1v) is 2.61. The summed E-state index contributed by atoms with van der Waals surface area (Å²) in [4.78, 5) is 0.551. The molecule has 0 aliphatic heterocycles. The molecule has 0 unspecified atom stereocenters. The molecule has 0 saturated heterocycles. The topological polar surface area (TPSA) is 13.1 Å². The first-order chi connectivity index (χ1) is 3.80. The molecule has 8 heavy (non-hydrogen) atoms. The van der Waals surface area contributed by atoms with Gasteiger partial charge in [0, 0.05) is 0 Å². The number of furan rings is 1. The minimum Gasteiger partial charge on any atom is -0.464 e. The van der Waals surface area contributed by atoms with E-state index in [0.29, 0.717) is 10.6 Å². The minimum atomic E-state index is 0.551. The molecule has 0 fully saturated rings. The van der Waals surface area contributed by atoms with Crippen LogP contribution in [0.3, 0.4) is 0 Å². The Kier molecular flexibility index (Phi) is 1.44. The Hall–Kier alpha value is -0.630. The molecule has 2 heteroatoms. The van der Waals surface area contributed by atoms with Crippen LogP contribution in [0.15, 0.2) is 22.8 Å². The summed E-state index contributed by atoms with van der Waals surface area (Å²) < 4.78 is 4.89. The highest BCUT2D eigenvalue weighted by Gasteiger charge is 1.93. The van der Waals surface area contributed by atoms with Gasteiger partial charge in [-0.3, -0.25) is 0 Å². The fourth-order valence-corrected chi connectivity index (χ4v) is 0.553. The Morgan fingerprint density at radius 2 is 2.50 bits per heavy atom. The van der Waals surface area contributed by atoms with Crippen molar-refractivity contribution < 1.29 is 4.42 Å². The van der Waals surface area contributed by atoms with Crippen molar-refractivity contribution in [1.29, 1.82) is 0 Å². The molecule has 0 saturated carbocycles. The van der Waals surface area contributed by atoms with E-state index in [-0.39, 0.29) is 0 Å². The fraction of sp³-hybridized carbons (Fsp3) is 0. The summed E-state index contributed by atoms with van der Waals surface area (Å²) in [5.74, 6) is 0.681. The van der Waals surface area contributed by atoms with E-state index in [1.807, 2.05) is 0 Å². The van der Waals surface area contributed by atoms with Crippen molar-refractivity contribution in [3.63, 3.8) is 0 Å². The summed E-state index contributed by atoms with van der Waals surface area (Å²) >= 11 is 4.71. The number of rotatable bonds is 1. The summed E-state index contributed by atoms with van der Waals surface area (Å²) in [6.45, 7) is 3.52. The van der Waals surface area contributed by atoms with Gasteiger partial charge in [-0.2, -0.15) is 0 Å². The third-order valence-electron chi connectivity index (χ3n) is 0.796. The zero-order chi connectivity index (χ0) is 5.98. The molecule has 1 heterocycles. The molecule has 1 rings (SSSR count). The smallest absolute Gasteiger partial charge is 0.140 e. The Balaban J connectivity index is 2.93. The lowest BCUT2D eigenvalue weighted by molar-refractivity contribution is 0.560. The van der Waals surface area contributed by atoms with Crippen LogP contribution < -0.4 is 0 Å². The van der Waals surface area contributed by atoms with Crippen LogP contribution in [0.1, 0.15) is 5.76 Å². The van der Waals surface area contributed by atoms with Crippen molar-refractivity contribution >= 4 is 17.1 Å². The molecular formula is C6H5OS. The van der Waals surface area contributed by atoms with E-state index in [0.717, 1.165) is 0 Å². The standard InChI is InChI=1S/C6H5OS/c1-5(8)6-3-2-4-7-6/h2-4H,1H2. The maximum Gasteiger partial charge on any atom is 0.140 e. The van der Waals surface area contributed by atoms with Gasteiger partial charge in [-0.25, -0.2) is 0 Å². The Morgan fingerprint density at radius 3 is 2.75 bits per heavy atom. The first kappa shape index (κ1) is 5.51. The van der Waals surface area contributed by atoms with Gasteiger partial charge in [0.25, 0.3) is 0 Å². The normalized spacial score (nSPS) is 9.12. The quantitative estimate of drug-likeness (QED) is 0.419. The molecule has 41 valence electrons. The molecule has 1 nitrogen and oxygen atoms in total. The van der Waals surface area contributed by atoms with Crippen LogP contribution in [-0.2, 0) is 0 Å². The van der Waals surface area contributed by atoms with Crippen LogP contribution in [0, 0.1) is 6.92 Å². The predicted molar refractivity (Wildman–Crippen MR) is 35.8 cm³/mol. The molecule has 0 N–H and O–H groups in total. The minimum absolute atomic E-state index is 0.551. The van der Waals surface area contributed by atoms with Gasteiger partial charge < -0.3 is 4.42 Å². The zero-order valence-corrected chi connectivity index (χ0v) is 5.07. The van der Waals surface area contributed by atoms with Gasteiger partial charge in [0.05, 0.1) is 11.1 Å². The number of hydrogen-bond donors (Lipinski definition) is 0. The maximum atomic E-state index is 4.89. The van der Waals surface area contributed by atoms with Crippen LogP contribution in [0.25, 0.3) is 0 Å². The van der Waals surface area contributed by atoms with Crippen molar-refractivity contribution in [1.82, 2.24) is 0 Å². The van der Waals surface area contributed by atoms with E-state index in [9.17, 15) is 0 Å². The second-order valence-electron chi connectivity index (χ2n) is 1.40. The monoisotopic (exact) mass is 125 g/mol. The van der Waals surface area contributed by atoms with Gasteiger partial charge >= 0.3 is 0 Å². The highest BCUT2D eigenvalue weighted by Crippen LogP contribution is 2.00. The summed E-state index contributed by atoms with van der Waals surface area (Å²) in [5, 5.41) is 0. The SMILES string of the molecule is [CH2]C(=S)c1ccco1. The van der Waals surface area contributed by atoms with Crippen LogP contribution >= 0.6 is 12.2 Å². The third-order valence-corrected chi connectivity index (χ3v) is 0.997. The Labute approximate surface area is 53.3 Å². The summed E-state index contributed by atoms with van der Waals surface area (Å²) in [5.41, 5.74) is 0. The van der Waals surface area contributed by atoms with E-state index in [2.05, 4.69) is 6.92 Å². The van der Waals surface area contributed by atoms with E-state index >= 15 is 0 Å². The summed E-state index contributed by atoms with van der Waals surface area (Å²) in [6, 6.07) is 3.57. The summed E-state index contributed by atoms with van der Waals surface area (Å²) in [7, 11) is 0. The third kappa shape index (κ3) is 0.954. The molecule has 1 aromatic heterocycles. The average molecular weight is 125 g/mol. The molecule has 1 radical (unpaired) electrons. The van der Waals surface area contributed by atoms with Crippen LogP contribution in [0.2, 0.25) is 0 Å². The van der Waals surface area contributed by atoms with E-state index < -0.39 is 0 Å². The summed E-state index contributed by atoms with van der Waals surface area (Å²) in [6.07, 6.45) is 1.58. The highest BCUT2D eigenvalue weighted by atomic mass is 32.1. The molecule has 0 bridgehead atoms. The molecule has 1 aromatic rings. The van der Waals surface area contributed by atoms with Gasteiger partial charge in [0.15, 0.2) is 0 Å². The molecular weight excluding hydrogens is 120 g/mol. The van der Waals surface area contributed by atoms with E-state index in [1.165, 1.54) is 0 Å². The first-order valence-electron chi connectivity index (χ1n) is 2.20. The molecule has 0 aliphatic carbocycles. The van der Waals surface area contributed by atoms with E-state index in [4.69, 9.17) is 16.6 Å². The maximum absolute atomic E-state index is 4.89. The van der Waals surface area contributed by atoms with Gasteiger partial charge in [0.1, 0.15) is 5.76 Å². The highest BCUT2D eigenvalue weighted by molar-refractivity contribution is 7.81. The fourth-order valence-electron chi connectivity index (χ4n) is 0.437. The molecule has 0 amide bonds. The molecule has 0 spiro atoms. The second-order valence-corrected chi connectivity index (χ2v) is 1.89. The van der Waals surface area contributed by atoms with Crippen molar-refractivity contribution in [3.8, 4) is 0 Å². The Morgan fingerprint density at radius 1 is 1.75 bits per heavy atom. The molecule has 0 aromatic carbocycles.